The molecular weight excluding hydrogens is 419 g/mol. The number of carbonyl (C=O) groups is 1. The lowest BCUT2D eigenvalue weighted by molar-refractivity contribution is 0.103. The molecular formula is C15H16ClIN2OS. The molecule has 3 nitrogen and oxygen atoms in total. The molecule has 0 bridgehead atoms. The summed E-state index contributed by atoms with van der Waals surface area (Å²) in [5, 5.41) is 4.35. The van der Waals surface area contributed by atoms with Crippen LogP contribution in [0.1, 0.15) is 41.1 Å². The van der Waals surface area contributed by atoms with E-state index in [0.717, 1.165) is 14.3 Å². The number of aromatic nitrogens is 1. The molecule has 0 spiro atoms. The molecule has 1 aromatic carbocycles. The lowest BCUT2D eigenvalue weighted by Crippen LogP contribution is -2.12. The highest BCUT2D eigenvalue weighted by Gasteiger charge is 2.23. The molecule has 0 radical (unpaired) electrons. The molecule has 1 amide bonds. The van der Waals surface area contributed by atoms with Crippen LogP contribution < -0.4 is 5.32 Å². The average molecular weight is 435 g/mol. The van der Waals surface area contributed by atoms with Crippen molar-refractivity contribution >= 4 is 57.1 Å². The van der Waals surface area contributed by atoms with Crippen LogP contribution in [0.4, 0.5) is 5.69 Å². The maximum atomic E-state index is 12.4. The Kier molecular flexibility index (Phi) is 4.95. The van der Waals surface area contributed by atoms with Gasteiger partial charge in [-0.2, -0.15) is 0 Å². The Hall–Kier alpha value is -0.660. The molecule has 0 aliphatic carbocycles. The van der Waals surface area contributed by atoms with E-state index in [4.69, 9.17) is 11.6 Å². The molecule has 1 heterocycles. The van der Waals surface area contributed by atoms with E-state index in [2.05, 4.69) is 53.7 Å². The van der Waals surface area contributed by atoms with E-state index >= 15 is 0 Å². The molecule has 112 valence electrons. The predicted molar refractivity (Wildman–Crippen MR) is 97.7 cm³/mol. The molecule has 0 saturated carbocycles. The summed E-state index contributed by atoms with van der Waals surface area (Å²) in [6.07, 6.45) is 0. The van der Waals surface area contributed by atoms with Gasteiger partial charge in [-0.15, -0.1) is 11.3 Å². The number of rotatable bonds is 2. The van der Waals surface area contributed by atoms with Crippen molar-refractivity contribution in [3.8, 4) is 0 Å². The lowest BCUT2D eigenvalue weighted by atomic mass is 9.98. The second-order valence-electron chi connectivity index (χ2n) is 5.76. The van der Waals surface area contributed by atoms with Gasteiger partial charge in [0.2, 0.25) is 0 Å². The zero-order valence-electron chi connectivity index (χ0n) is 12.3. The SMILES string of the molecule is Cc1nc(C(C)(C)C)sc1C(=O)Nc1ccc(I)cc1Cl. The Morgan fingerprint density at radius 1 is 1.38 bits per heavy atom. The minimum atomic E-state index is -0.163. The van der Waals surface area contributed by atoms with Crippen molar-refractivity contribution in [1.29, 1.82) is 0 Å². The average Bonchev–Trinajstić information content (AvgIpc) is 2.75. The van der Waals surface area contributed by atoms with E-state index in [0.29, 0.717) is 15.6 Å². The van der Waals surface area contributed by atoms with Gasteiger partial charge in [0.25, 0.3) is 5.91 Å². The maximum absolute atomic E-state index is 12.4. The Labute approximate surface area is 147 Å². The van der Waals surface area contributed by atoms with Gasteiger partial charge < -0.3 is 5.32 Å². The third-order valence-corrected chi connectivity index (χ3v) is 5.39. The van der Waals surface area contributed by atoms with Gasteiger partial charge in [0.05, 0.1) is 21.4 Å². The van der Waals surface area contributed by atoms with Crippen LogP contribution in [0.3, 0.4) is 0 Å². The smallest absolute Gasteiger partial charge is 0.267 e. The van der Waals surface area contributed by atoms with E-state index in [1.807, 2.05) is 25.1 Å². The molecule has 2 aromatic rings. The van der Waals surface area contributed by atoms with Crippen molar-refractivity contribution in [1.82, 2.24) is 4.98 Å². The first-order valence-electron chi connectivity index (χ1n) is 6.43. The van der Waals surface area contributed by atoms with Gasteiger partial charge in [-0.25, -0.2) is 4.98 Å². The summed E-state index contributed by atoms with van der Waals surface area (Å²) < 4.78 is 1.03. The number of aryl methyl sites for hydroxylation is 1. The molecule has 6 heteroatoms. The van der Waals surface area contributed by atoms with Gasteiger partial charge in [-0.3, -0.25) is 4.79 Å². The fourth-order valence-electron chi connectivity index (χ4n) is 1.70. The zero-order valence-corrected chi connectivity index (χ0v) is 16.0. The quantitative estimate of drug-likeness (QED) is 0.655. The summed E-state index contributed by atoms with van der Waals surface area (Å²) in [5.41, 5.74) is 1.31. The minimum Gasteiger partial charge on any atom is -0.320 e. The number of anilines is 1. The normalized spacial score (nSPS) is 11.5. The number of halogens is 2. The summed E-state index contributed by atoms with van der Waals surface area (Å²) in [6.45, 7) is 8.12. The highest BCUT2D eigenvalue weighted by Crippen LogP contribution is 2.30. The molecule has 0 unspecified atom stereocenters. The maximum Gasteiger partial charge on any atom is 0.267 e. The van der Waals surface area contributed by atoms with E-state index in [1.165, 1.54) is 11.3 Å². The van der Waals surface area contributed by atoms with Crippen LogP contribution >= 0.6 is 45.5 Å². The standard InChI is InChI=1S/C15H16ClIN2OS/c1-8-12(21-14(18-8)15(2,3)4)13(20)19-11-6-5-9(17)7-10(11)16/h5-7H,1-4H3,(H,19,20). The molecule has 0 aliphatic rings. The topological polar surface area (TPSA) is 42.0 Å². The first kappa shape index (κ1) is 16.7. The van der Waals surface area contributed by atoms with Crippen molar-refractivity contribution in [2.75, 3.05) is 5.32 Å². The molecule has 2 rings (SSSR count). The van der Waals surface area contributed by atoms with E-state index in [-0.39, 0.29) is 11.3 Å². The molecule has 0 atom stereocenters. The highest BCUT2D eigenvalue weighted by atomic mass is 127. The van der Waals surface area contributed by atoms with Crippen molar-refractivity contribution in [2.24, 2.45) is 0 Å². The Morgan fingerprint density at radius 2 is 2.05 bits per heavy atom. The number of amides is 1. The van der Waals surface area contributed by atoms with Crippen molar-refractivity contribution in [2.45, 2.75) is 33.1 Å². The second-order valence-corrected chi connectivity index (χ2v) is 8.41. The van der Waals surface area contributed by atoms with Crippen molar-refractivity contribution < 1.29 is 4.79 Å². The fourth-order valence-corrected chi connectivity index (χ4v) is 3.62. The van der Waals surface area contributed by atoms with Gasteiger partial charge in [-0.1, -0.05) is 32.4 Å². The van der Waals surface area contributed by atoms with E-state index in [1.54, 1.807) is 0 Å². The third-order valence-electron chi connectivity index (χ3n) is 2.82. The molecule has 1 N–H and O–H groups in total. The second kappa shape index (κ2) is 6.22. The molecule has 0 saturated heterocycles. The minimum absolute atomic E-state index is 0.0611. The number of hydrogen-bond acceptors (Lipinski definition) is 3. The first-order chi connectivity index (χ1) is 9.68. The van der Waals surface area contributed by atoms with Crippen LogP contribution in [0, 0.1) is 10.5 Å². The Morgan fingerprint density at radius 3 is 2.57 bits per heavy atom. The van der Waals surface area contributed by atoms with Gasteiger partial charge >= 0.3 is 0 Å². The number of thiazole rings is 1. The van der Waals surface area contributed by atoms with Gasteiger partial charge in [0.15, 0.2) is 0 Å². The summed E-state index contributed by atoms with van der Waals surface area (Å²) in [6, 6.07) is 5.53. The number of nitrogens with zero attached hydrogens (tertiary/aromatic N) is 1. The summed E-state index contributed by atoms with van der Waals surface area (Å²) in [5.74, 6) is -0.163. The number of benzene rings is 1. The number of carbonyl (C=O) groups excluding carboxylic acids is 1. The third kappa shape index (κ3) is 3.96. The summed E-state index contributed by atoms with van der Waals surface area (Å²) in [4.78, 5) is 17.5. The summed E-state index contributed by atoms with van der Waals surface area (Å²) in [7, 11) is 0. The van der Waals surface area contributed by atoms with Crippen LogP contribution in [0.25, 0.3) is 0 Å². The van der Waals surface area contributed by atoms with E-state index < -0.39 is 0 Å². The van der Waals surface area contributed by atoms with Gasteiger partial charge in [0.1, 0.15) is 4.88 Å². The molecule has 21 heavy (non-hydrogen) atoms. The van der Waals surface area contributed by atoms with Crippen molar-refractivity contribution in [3.05, 3.63) is 42.4 Å². The first-order valence-corrected chi connectivity index (χ1v) is 8.70. The number of hydrogen-bond donors (Lipinski definition) is 1. The van der Waals surface area contributed by atoms with Crippen LogP contribution in [0.15, 0.2) is 18.2 Å². The predicted octanol–water partition coefficient (Wildman–Crippen LogP) is 5.26. The molecule has 0 fully saturated rings. The Bertz CT molecular complexity index is 691. The van der Waals surface area contributed by atoms with Gasteiger partial charge in [0, 0.05) is 8.99 Å². The number of nitrogens with one attached hydrogen (secondary N) is 1. The zero-order chi connectivity index (χ0) is 15.8. The Balaban J connectivity index is 2.27. The monoisotopic (exact) mass is 434 g/mol. The molecule has 0 aliphatic heterocycles. The van der Waals surface area contributed by atoms with Crippen LogP contribution in [0.2, 0.25) is 5.02 Å². The van der Waals surface area contributed by atoms with Crippen LogP contribution in [0.5, 0.6) is 0 Å². The highest BCUT2D eigenvalue weighted by molar-refractivity contribution is 14.1. The van der Waals surface area contributed by atoms with Crippen molar-refractivity contribution in [3.63, 3.8) is 0 Å². The van der Waals surface area contributed by atoms with Crippen LogP contribution in [-0.2, 0) is 5.41 Å². The van der Waals surface area contributed by atoms with Gasteiger partial charge in [-0.05, 0) is 47.7 Å². The van der Waals surface area contributed by atoms with Crippen LogP contribution in [-0.4, -0.2) is 10.9 Å². The van der Waals surface area contributed by atoms with E-state index in [9.17, 15) is 4.79 Å². The molecule has 1 aromatic heterocycles. The largest absolute Gasteiger partial charge is 0.320 e. The summed E-state index contributed by atoms with van der Waals surface area (Å²) >= 11 is 9.76. The lowest BCUT2D eigenvalue weighted by Gasteiger charge is -2.13. The fraction of sp³-hybridized carbons (Fsp3) is 0.333.